The number of ether oxygens (including phenoxy) is 1. The summed E-state index contributed by atoms with van der Waals surface area (Å²) in [6.07, 6.45) is 0.516. The lowest BCUT2D eigenvalue weighted by Crippen LogP contribution is -2.64. The number of carbonyl (C=O) groups is 2. The van der Waals surface area contributed by atoms with Crippen LogP contribution in [0.4, 0.5) is 5.69 Å². The van der Waals surface area contributed by atoms with Gasteiger partial charge in [-0.2, -0.15) is 0 Å². The Balaban J connectivity index is 1.65. The summed E-state index contributed by atoms with van der Waals surface area (Å²) in [5.41, 5.74) is 0.863. The molecule has 5 rings (SSSR count). The first-order valence-electron chi connectivity index (χ1n) is 14.0. The molecule has 40 heavy (non-hydrogen) atoms. The minimum Gasteiger partial charge on any atom is -0.368 e. The van der Waals surface area contributed by atoms with Gasteiger partial charge in [0.25, 0.3) is 5.91 Å². The quantitative estimate of drug-likeness (QED) is 0.209. The molecule has 1 spiro atoms. The zero-order valence-corrected chi connectivity index (χ0v) is 25.8. The molecule has 0 aromatic heterocycles. The van der Waals surface area contributed by atoms with E-state index in [-0.39, 0.29) is 31.4 Å². The van der Waals surface area contributed by atoms with Gasteiger partial charge in [-0.1, -0.05) is 61.0 Å². The van der Waals surface area contributed by atoms with E-state index in [1.54, 1.807) is 28.0 Å². The van der Waals surface area contributed by atoms with Crippen molar-refractivity contribution in [3.63, 3.8) is 0 Å². The summed E-state index contributed by atoms with van der Waals surface area (Å²) in [6, 6.07) is 13.8. The zero-order valence-electron chi connectivity index (χ0n) is 23.3. The summed E-state index contributed by atoms with van der Waals surface area (Å²) in [5, 5.41) is 20.8. The second kappa shape index (κ2) is 11.4. The summed E-state index contributed by atoms with van der Waals surface area (Å²) in [4.78, 5) is 32.4. The van der Waals surface area contributed by atoms with Crippen LogP contribution in [0.15, 0.2) is 42.5 Å². The van der Waals surface area contributed by atoms with E-state index in [0.29, 0.717) is 34.8 Å². The molecule has 2 aromatic carbocycles. The molecule has 2 aliphatic heterocycles. The molecule has 3 atom stereocenters. The molecule has 2 N–H and O–H groups in total. The number of anilines is 1. The van der Waals surface area contributed by atoms with Gasteiger partial charge in [0.15, 0.2) is 11.8 Å². The standard InChI is InChI=1S/C30H38Cl2N2O5Si/c1-40(2,3)12-11-39-18-33-26-16-23(32)9-10-24(26)30(29(33)38)25(20-5-4-6-22(31)13-20)14-21(15-27(35)36)28(37)34(30)17-19-7-8-19/h4-6,9-10,13,16,19,21,25,27,35-36H,7-8,11-12,14-15,17-18H2,1-3H3. The molecule has 7 nitrogen and oxygen atoms in total. The van der Waals surface area contributed by atoms with Crippen molar-refractivity contribution >= 4 is 48.8 Å². The Kier molecular flexibility index (Phi) is 8.41. The summed E-state index contributed by atoms with van der Waals surface area (Å²) >= 11 is 12.9. The monoisotopic (exact) mass is 604 g/mol. The average Bonchev–Trinajstić information content (AvgIpc) is 3.66. The number of hydrogen-bond acceptors (Lipinski definition) is 5. The predicted octanol–water partition coefficient (Wildman–Crippen LogP) is 5.59. The van der Waals surface area contributed by atoms with Crippen LogP contribution in [0.5, 0.6) is 0 Å². The van der Waals surface area contributed by atoms with E-state index >= 15 is 0 Å². The van der Waals surface area contributed by atoms with Gasteiger partial charge in [-0.3, -0.25) is 14.5 Å². The SMILES string of the molecule is C[Si](C)(C)CCOCN1C(=O)C2(c3ccc(Cl)cc31)C(c1cccc(Cl)c1)CC(CC(O)O)C(=O)N2CC1CC1. The normalized spacial score (nSPS) is 24.9. The number of amides is 2. The highest BCUT2D eigenvalue weighted by Crippen LogP contribution is 2.58. The van der Waals surface area contributed by atoms with Gasteiger partial charge >= 0.3 is 0 Å². The third-order valence-electron chi connectivity index (χ3n) is 8.40. The van der Waals surface area contributed by atoms with Crippen molar-refractivity contribution < 1.29 is 24.5 Å². The number of likely N-dealkylation sites (tertiary alicyclic amines) is 1. The van der Waals surface area contributed by atoms with Crippen molar-refractivity contribution in [3.05, 3.63) is 63.6 Å². The third kappa shape index (κ3) is 5.71. The van der Waals surface area contributed by atoms with E-state index in [4.69, 9.17) is 27.9 Å². The predicted molar refractivity (Wildman–Crippen MR) is 159 cm³/mol. The highest BCUT2D eigenvalue weighted by atomic mass is 35.5. The zero-order chi connectivity index (χ0) is 28.8. The molecule has 2 heterocycles. The highest BCUT2D eigenvalue weighted by molar-refractivity contribution is 6.76. The summed E-state index contributed by atoms with van der Waals surface area (Å²) in [5.74, 6) is -1.28. The molecule has 0 bridgehead atoms. The van der Waals surface area contributed by atoms with Crippen molar-refractivity contribution in [3.8, 4) is 0 Å². The Morgan fingerprint density at radius 2 is 1.80 bits per heavy atom. The van der Waals surface area contributed by atoms with Gasteiger partial charge in [-0.25, -0.2) is 0 Å². The van der Waals surface area contributed by atoms with Crippen LogP contribution in [-0.2, 0) is 19.9 Å². The summed E-state index contributed by atoms with van der Waals surface area (Å²) in [7, 11) is -1.34. The Labute approximate surface area is 247 Å². The molecular weight excluding hydrogens is 567 g/mol. The Hall–Kier alpha value is -1.94. The fourth-order valence-corrected chi connectivity index (χ4v) is 7.35. The molecule has 10 heteroatoms. The maximum Gasteiger partial charge on any atom is 0.260 e. The molecule has 2 amide bonds. The van der Waals surface area contributed by atoms with Crippen LogP contribution in [0.3, 0.4) is 0 Å². The average molecular weight is 606 g/mol. The molecule has 216 valence electrons. The maximum atomic E-state index is 14.9. The molecule has 3 aliphatic rings. The number of rotatable bonds is 10. The molecule has 3 unspecified atom stereocenters. The van der Waals surface area contributed by atoms with Crippen LogP contribution in [0, 0.1) is 11.8 Å². The van der Waals surface area contributed by atoms with E-state index < -0.39 is 31.7 Å². The van der Waals surface area contributed by atoms with Crippen LogP contribution in [-0.4, -0.2) is 61.2 Å². The van der Waals surface area contributed by atoms with Crippen LogP contribution >= 0.6 is 23.2 Å². The van der Waals surface area contributed by atoms with Gasteiger partial charge in [0.1, 0.15) is 6.73 Å². The highest BCUT2D eigenvalue weighted by Gasteiger charge is 2.64. The first-order valence-corrected chi connectivity index (χ1v) is 18.5. The van der Waals surface area contributed by atoms with Crippen LogP contribution < -0.4 is 4.90 Å². The number of fused-ring (bicyclic) bond motifs is 2. The van der Waals surface area contributed by atoms with Crippen molar-refractivity contribution in [1.29, 1.82) is 0 Å². The van der Waals surface area contributed by atoms with E-state index in [2.05, 4.69) is 19.6 Å². The fourth-order valence-electron chi connectivity index (χ4n) is 6.22. The van der Waals surface area contributed by atoms with E-state index in [1.807, 2.05) is 24.3 Å². The van der Waals surface area contributed by atoms with Gasteiger partial charge in [0, 0.05) is 55.1 Å². The maximum absolute atomic E-state index is 14.9. The van der Waals surface area contributed by atoms with Gasteiger partial charge in [-0.05, 0) is 61.1 Å². The summed E-state index contributed by atoms with van der Waals surface area (Å²) in [6.45, 7) is 7.86. The van der Waals surface area contributed by atoms with E-state index in [9.17, 15) is 19.8 Å². The minimum atomic E-state index is -1.63. The Bertz CT molecular complexity index is 1280. The van der Waals surface area contributed by atoms with Crippen molar-refractivity contribution in [2.45, 2.75) is 69.1 Å². The van der Waals surface area contributed by atoms with Crippen LogP contribution in [0.25, 0.3) is 0 Å². The minimum absolute atomic E-state index is 0.0604. The number of halogens is 2. The van der Waals surface area contributed by atoms with Crippen molar-refractivity contribution in [2.24, 2.45) is 11.8 Å². The smallest absolute Gasteiger partial charge is 0.260 e. The molecule has 1 saturated carbocycles. The molecule has 2 aromatic rings. The second-order valence-corrected chi connectivity index (χ2v) is 19.2. The van der Waals surface area contributed by atoms with Gasteiger partial charge in [-0.15, -0.1) is 0 Å². The van der Waals surface area contributed by atoms with Crippen molar-refractivity contribution in [1.82, 2.24) is 4.90 Å². The number of hydrogen-bond donors (Lipinski definition) is 2. The number of nitrogens with zero attached hydrogens (tertiary/aromatic N) is 2. The first-order chi connectivity index (χ1) is 18.9. The number of piperidine rings is 1. The van der Waals surface area contributed by atoms with Gasteiger partial charge in [0.05, 0.1) is 5.69 Å². The lowest BCUT2D eigenvalue weighted by molar-refractivity contribution is -0.162. The molecule has 1 saturated heterocycles. The van der Waals surface area contributed by atoms with E-state index in [1.165, 1.54) is 0 Å². The Morgan fingerprint density at radius 1 is 1.07 bits per heavy atom. The van der Waals surface area contributed by atoms with Crippen molar-refractivity contribution in [2.75, 3.05) is 24.8 Å². The number of carbonyl (C=O) groups excluding carboxylic acids is 2. The molecule has 1 aliphatic carbocycles. The van der Waals surface area contributed by atoms with Gasteiger partial charge in [0.2, 0.25) is 5.91 Å². The largest absolute Gasteiger partial charge is 0.368 e. The van der Waals surface area contributed by atoms with Crippen LogP contribution in [0.1, 0.15) is 42.7 Å². The number of aliphatic hydroxyl groups is 2. The lowest BCUT2D eigenvalue weighted by atomic mass is 9.66. The number of aliphatic hydroxyl groups excluding tert-OH is 1. The number of benzene rings is 2. The first kappa shape index (κ1) is 29.5. The van der Waals surface area contributed by atoms with E-state index in [0.717, 1.165) is 30.0 Å². The lowest BCUT2D eigenvalue weighted by Gasteiger charge is -2.51. The third-order valence-corrected chi connectivity index (χ3v) is 10.6. The van der Waals surface area contributed by atoms with Gasteiger partial charge < -0.3 is 19.8 Å². The molecule has 2 fully saturated rings. The second-order valence-electron chi connectivity index (χ2n) is 12.7. The Morgan fingerprint density at radius 3 is 2.45 bits per heavy atom. The molecular formula is C30H38Cl2N2O5Si. The topological polar surface area (TPSA) is 90.3 Å². The summed E-state index contributed by atoms with van der Waals surface area (Å²) < 4.78 is 6.09. The molecule has 0 radical (unpaired) electrons. The fraction of sp³-hybridized carbons (Fsp3) is 0.533. The van der Waals surface area contributed by atoms with Crippen LogP contribution in [0.2, 0.25) is 35.7 Å².